The Bertz CT molecular complexity index is 2320. The van der Waals surface area contributed by atoms with Gasteiger partial charge in [-0.05, 0) is 129 Å². The quantitative estimate of drug-likeness (QED) is 0.0442. The third-order valence-corrected chi connectivity index (χ3v) is 14.5. The van der Waals surface area contributed by atoms with E-state index in [9.17, 15) is 62.6 Å². The zero-order chi connectivity index (χ0) is 63.6. The molecule has 12 N–H and O–H groups in total. The summed E-state index contributed by atoms with van der Waals surface area (Å²) < 4.78 is 0. The Morgan fingerprint density at radius 2 is 0.892 bits per heavy atom. The molecule has 2 aliphatic heterocycles. The SMILES string of the molecule is CC(=O)NC(C)(C)C(=O)N[C@@H](CCC(N)=O)C(=O)N[C@@H](CC(C)C)C(=O)N[C@@H](C(=O)NC(C)(C)C(=O)N1CCC[C@@H]1C(=O)N[C@H](CC(C)C)C(=O)N[C@H](CC(C)C)C(=O)NC(C)(C)C(=O)N1CCC[C@@H]1C(=O)N[C@H](CO)CC(C)C)C(C)C. The lowest BCUT2D eigenvalue weighted by Crippen LogP contribution is -2.64. The zero-order valence-electron chi connectivity index (χ0n) is 52.5. The summed E-state index contributed by atoms with van der Waals surface area (Å²) in [5.74, 6) is -8.51. The van der Waals surface area contributed by atoms with Gasteiger partial charge in [-0.15, -0.1) is 0 Å². The zero-order valence-corrected chi connectivity index (χ0v) is 52.5. The molecule has 0 aromatic heterocycles. The number of primary amides is 1. The van der Waals surface area contributed by atoms with Gasteiger partial charge in [-0.3, -0.25) is 57.5 Å². The number of carbonyl (C=O) groups is 12. The molecular formula is C58H102N12O13. The van der Waals surface area contributed by atoms with Crippen LogP contribution in [-0.2, 0) is 57.5 Å². The van der Waals surface area contributed by atoms with Crippen molar-refractivity contribution < 1.29 is 62.6 Å². The van der Waals surface area contributed by atoms with E-state index >= 15 is 0 Å². The lowest BCUT2D eigenvalue weighted by atomic mass is 9.97. The molecule has 2 saturated heterocycles. The standard InChI is InChI=1S/C58H102N12O13/c1-31(2)26-37(30-71)60-50(78)42-20-18-24-69(42)54(82)57(14,15)67-49(77)41(29-34(7)8)62-47(75)39(27-32(3)4)63-51(79)43-21-19-25-70(43)55(83)58(16,17)68-52(80)45(35(9)10)65-48(76)40(28-33(5)6)61-46(74)38(22-23-44(59)73)64-53(81)56(12,13)66-36(11)72/h31-35,37-43,45,71H,18-30H2,1-17H3,(H2,59,73)(H,60,78)(H,61,74)(H,62,75)(H,63,79)(H,64,81)(H,65,76)(H,66,72)(H,67,77)(H,68,80)/t37-,38-,39+,40-,41+,42+,43+,45+/m0/s1. The van der Waals surface area contributed by atoms with E-state index in [4.69, 9.17) is 5.73 Å². The minimum Gasteiger partial charge on any atom is -0.394 e. The molecule has 12 amide bonds. The first kappa shape index (κ1) is 72.7. The van der Waals surface area contributed by atoms with Crippen LogP contribution in [0.1, 0.15) is 182 Å². The van der Waals surface area contributed by atoms with Gasteiger partial charge in [-0.2, -0.15) is 0 Å². The molecule has 0 spiro atoms. The number of carbonyl (C=O) groups excluding carboxylic acids is 12. The molecule has 0 aromatic rings. The minimum atomic E-state index is -1.65. The average Bonchev–Trinajstić information content (AvgIpc) is 3.80. The van der Waals surface area contributed by atoms with Crippen molar-refractivity contribution in [1.82, 2.24) is 57.7 Å². The van der Waals surface area contributed by atoms with E-state index in [1.165, 1.54) is 58.3 Å². The summed E-state index contributed by atoms with van der Waals surface area (Å²) in [5, 5.41) is 34.4. The Morgan fingerprint density at radius 1 is 0.494 bits per heavy atom. The summed E-state index contributed by atoms with van der Waals surface area (Å²) in [7, 11) is 0. The summed E-state index contributed by atoms with van der Waals surface area (Å²) in [4.78, 5) is 166. The molecule has 2 rings (SSSR count). The van der Waals surface area contributed by atoms with Crippen LogP contribution < -0.4 is 53.6 Å². The summed E-state index contributed by atoms with van der Waals surface area (Å²) in [6.45, 7) is 28.5. The second-order valence-electron chi connectivity index (χ2n) is 26.2. The van der Waals surface area contributed by atoms with E-state index in [0.29, 0.717) is 25.7 Å². The highest BCUT2D eigenvalue weighted by Crippen LogP contribution is 2.25. The molecule has 25 heteroatoms. The number of nitrogens with one attached hydrogen (secondary N) is 9. The molecule has 0 radical (unpaired) electrons. The van der Waals surface area contributed by atoms with Crippen LogP contribution >= 0.6 is 0 Å². The van der Waals surface area contributed by atoms with Crippen molar-refractivity contribution in [2.24, 2.45) is 35.3 Å². The van der Waals surface area contributed by atoms with E-state index < -0.39 is 136 Å². The van der Waals surface area contributed by atoms with E-state index in [0.717, 1.165) is 0 Å². The van der Waals surface area contributed by atoms with Crippen LogP contribution in [0.25, 0.3) is 0 Å². The Morgan fingerprint density at radius 3 is 1.30 bits per heavy atom. The van der Waals surface area contributed by atoms with Crippen LogP contribution in [0.5, 0.6) is 0 Å². The van der Waals surface area contributed by atoms with Gasteiger partial charge >= 0.3 is 0 Å². The van der Waals surface area contributed by atoms with Gasteiger partial charge in [0.05, 0.1) is 12.6 Å². The van der Waals surface area contributed by atoms with Crippen molar-refractivity contribution in [3.8, 4) is 0 Å². The van der Waals surface area contributed by atoms with Crippen LogP contribution in [-0.4, -0.2) is 170 Å². The second kappa shape index (κ2) is 32.0. The van der Waals surface area contributed by atoms with Crippen LogP contribution in [0.15, 0.2) is 0 Å². The third kappa shape index (κ3) is 22.9. The summed E-state index contributed by atoms with van der Waals surface area (Å²) in [6, 6.07) is -8.49. The smallest absolute Gasteiger partial charge is 0.248 e. The molecular weight excluding hydrogens is 1070 g/mol. The fourth-order valence-electron chi connectivity index (χ4n) is 10.3. The summed E-state index contributed by atoms with van der Waals surface area (Å²) >= 11 is 0. The van der Waals surface area contributed by atoms with Crippen molar-refractivity contribution in [3.63, 3.8) is 0 Å². The maximum Gasteiger partial charge on any atom is 0.248 e. The van der Waals surface area contributed by atoms with E-state index in [2.05, 4.69) is 47.9 Å². The Hall–Kier alpha value is -6.40. The molecule has 0 unspecified atom stereocenters. The van der Waals surface area contributed by atoms with Gasteiger partial charge in [0.15, 0.2) is 0 Å². The molecule has 8 atom stereocenters. The molecule has 0 aliphatic carbocycles. The number of aliphatic hydroxyl groups is 1. The van der Waals surface area contributed by atoms with E-state index in [1.54, 1.807) is 27.7 Å². The van der Waals surface area contributed by atoms with Gasteiger partial charge in [0.2, 0.25) is 70.9 Å². The molecule has 2 aliphatic rings. The first-order chi connectivity index (χ1) is 38.2. The molecule has 472 valence electrons. The van der Waals surface area contributed by atoms with Crippen LogP contribution in [0, 0.1) is 29.6 Å². The number of nitrogens with two attached hydrogens (primary N) is 1. The number of amides is 12. The minimum absolute atomic E-state index is 0.0876. The largest absolute Gasteiger partial charge is 0.394 e. The molecule has 83 heavy (non-hydrogen) atoms. The monoisotopic (exact) mass is 1170 g/mol. The topological polar surface area (TPSA) is 366 Å². The number of aliphatic hydroxyl groups excluding tert-OH is 1. The predicted octanol–water partition coefficient (Wildman–Crippen LogP) is 0.680. The van der Waals surface area contributed by atoms with Crippen LogP contribution in [0.3, 0.4) is 0 Å². The number of hydrogen-bond acceptors (Lipinski definition) is 13. The maximum atomic E-state index is 14.5. The molecule has 25 nitrogen and oxygen atoms in total. The van der Waals surface area contributed by atoms with Crippen molar-refractivity contribution in [2.45, 2.75) is 247 Å². The summed E-state index contributed by atoms with van der Waals surface area (Å²) in [6.07, 6.45) is 2.04. The maximum absolute atomic E-state index is 14.5. The second-order valence-corrected chi connectivity index (χ2v) is 26.2. The fourth-order valence-corrected chi connectivity index (χ4v) is 10.3. The number of likely N-dealkylation sites (tertiary alicyclic amines) is 2. The van der Waals surface area contributed by atoms with Crippen molar-refractivity contribution in [1.29, 1.82) is 0 Å². The van der Waals surface area contributed by atoms with E-state index in [-0.39, 0.29) is 87.8 Å². The fraction of sp³-hybridized carbons (Fsp3) is 0.793. The Labute approximate surface area is 491 Å². The highest BCUT2D eigenvalue weighted by Gasteiger charge is 2.46. The highest BCUT2D eigenvalue weighted by atomic mass is 16.3. The molecule has 0 saturated carbocycles. The molecule has 0 aromatic carbocycles. The van der Waals surface area contributed by atoms with Gasteiger partial charge in [-0.25, -0.2) is 0 Å². The van der Waals surface area contributed by atoms with Crippen molar-refractivity contribution in [3.05, 3.63) is 0 Å². The molecule has 0 bridgehead atoms. The Balaban J connectivity index is 2.29. The number of hydrogen-bond donors (Lipinski definition) is 11. The van der Waals surface area contributed by atoms with Gasteiger partial charge < -0.3 is 68.5 Å². The lowest BCUT2D eigenvalue weighted by Gasteiger charge is -2.36. The highest BCUT2D eigenvalue weighted by molar-refractivity contribution is 6.00. The normalized spacial score (nSPS) is 17.9. The third-order valence-electron chi connectivity index (χ3n) is 14.5. The average molecular weight is 1180 g/mol. The predicted molar refractivity (Wildman–Crippen MR) is 312 cm³/mol. The first-order valence-corrected chi connectivity index (χ1v) is 29.5. The van der Waals surface area contributed by atoms with Gasteiger partial charge in [0, 0.05) is 26.4 Å². The van der Waals surface area contributed by atoms with Crippen molar-refractivity contribution >= 4 is 70.9 Å². The van der Waals surface area contributed by atoms with Gasteiger partial charge in [0.25, 0.3) is 0 Å². The van der Waals surface area contributed by atoms with Crippen molar-refractivity contribution in [2.75, 3.05) is 19.7 Å². The molecule has 2 fully saturated rings. The number of nitrogens with zero attached hydrogens (tertiary/aromatic N) is 2. The molecule has 2 heterocycles. The lowest BCUT2D eigenvalue weighted by molar-refractivity contribution is -0.146. The number of rotatable bonds is 32. The van der Waals surface area contributed by atoms with Gasteiger partial charge in [-0.1, -0.05) is 69.2 Å². The van der Waals surface area contributed by atoms with E-state index in [1.807, 2.05) is 41.5 Å². The Kier molecular flexibility index (Phi) is 28.1. The van der Waals surface area contributed by atoms with Gasteiger partial charge in [0.1, 0.15) is 58.9 Å². The summed E-state index contributed by atoms with van der Waals surface area (Å²) in [5.41, 5.74) is 0.752. The van der Waals surface area contributed by atoms with Crippen LogP contribution in [0.4, 0.5) is 0 Å². The van der Waals surface area contributed by atoms with Crippen LogP contribution in [0.2, 0.25) is 0 Å². The first-order valence-electron chi connectivity index (χ1n) is 29.5.